The number of nitriles is 1. The number of nitrogens with one attached hydrogen (secondary N) is 1. The van der Waals surface area contributed by atoms with Gasteiger partial charge in [0.2, 0.25) is 0 Å². The Balaban J connectivity index is 2.56. The van der Waals surface area contributed by atoms with Gasteiger partial charge in [-0.3, -0.25) is 0 Å². The van der Waals surface area contributed by atoms with Crippen molar-refractivity contribution in [2.45, 2.75) is 105 Å². The number of benzene rings is 1. The Kier molecular flexibility index (Phi) is 14.7. The fraction of sp³-hybridized carbons (Fsp3) is 0.576. The van der Waals surface area contributed by atoms with Crippen LogP contribution in [0, 0.1) is 17.4 Å². The number of carbonyl (C=O) groups excluding carboxylic acids is 1. The molecule has 246 valence electrons. The fourth-order valence-electron chi connectivity index (χ4n) is 4.83. The molecule has 1 saturated heterocycles. The van der Waals surface area contributed by atoms with Crippen LogP contribution in [0.15, 0.2) is 41.4 Å². The van der Waals surface area contributed by atoms with Crippen molar-refractivity contribution in [1.29, 1.82) is 5.26 Å². The first-order valence-corrected chi connectivity index (χ1v) is 15.5. The average Bonchev–Trinajstić information content (AvgIpc) is 3.45. The number of ether oxygens (including phenoxy) is 2. The number of rotatable bonds is 14. The van der Waals surface area contributed by atoms with Crippen LogP contribution in [0.3, 0.4) is 0 Å². The standard InChI is InChI=1S/C33H46BF3N4O4/c1-8-11-12-13-20-43-28-18-17-24(21-25(28)33(35,36)37)26(15-9-2)39-29(23(4)10-3)27-16-14-19-41(27)30(34-44-22-38)40-31(42)45-32(5,6)7/h12-13,15,17-18,21,23,27H,8-11,14,16,19-20H2,1-7H3,(H,40,42)/b13-12+,26-15-,39-29?. The summed E-state index contributed by atoms with van der Waals surface area (Å²) in [4.78, 5) is 19.6. The van der Waals surface area contributed by atoms with Crippen molar-refractivity contribution < 1.29 is 32.1 Å². The Labute approximate surface area is 266 Å². The molecule has 8 nitrogen and oxygen atoms in total. The van der Waals surface area contributed by atoms with Crippen LogP contribution in [-0.4, -0.2) is 54.3 Å². The van der Waals surface area contributed by atoms with Crippen LogP contribution < -0.4 is 10.1 Å². The van der Waals surface area contributed by atoms with Crippen LogP contribution in [0.5, 0.6) is 5.75 Å². The summed E-state index contributed by atoms with van der Waals surface area (Å²) in [5.74, 6) is -0.285. The molecule has 1 aromatic rings. The summed E-state index contributed by atoms with van der Waals surface area (Å²) >= 11 is 0. The zero-order valence-electron chi connectivity index (χ0n) is 27.5. The van der Waals surface area contributed by atoms with E-state index in [0.717, 1.165) is 44.6 Å². The summed E-state index contributed by atoms with van der Waals surface area (Å²) in [6.07, 6.45) is 6.13. The number of alkyl carbamates (subject to hydrolysis) is 1. The number of likely N-dealkylation sites (tertiary alicyclic amines) is 1. The molecule has 1 heterocycles. The topological polar surface area (TPSA) is 96.2 Å². The van der Waals surface area contributed by atoms with Crippen molar-refractivity contribution in [3.05, 3.63) is 47.6 Å². The van der Waals surface area contributed by atoms with Gasteiger partial charge in [0, 0.05) is 0 Å². The number of unbranched alkanes of at least 4 members (excludes halogenated alkanes) is 1. The Morgan fingerprint density at radius 1 is 1.24 bits per heavy atom. The monoisotopic (exact) mass is 630 g/mol. The van der Waals surface area contributed by atoms with Gasteiger partial charge in [-0.15, -0.1) is 0 Å². The minimum atomic E-state index is -4.63. The van der Waals surface area contributed by atoms with Gasteiger partial charge in [-0.1, -0.05) is 25.5 Å². The predicted molar refractivity (Wildman–Crippen MR) is 173 cm³/mol. The van der Waals surface area contributed by atoms with E-state index in [-0.39, 0.29) is 30.0 Å². The zero-order chi connectivity index (χ0) is 33.6. The summed E-state index contributed by atoms with van der Waals surface area (Å²) in [6, 6.07) is 3.72. The number of aliphatic imine (C=N–C) groups is 1. The molecule has 1 fully saturated rings. The van der Waals surface area contributed by atoms with Crippen molar-refractivity contribution in [2.75, 3.05) is 13.2 Å². The molecule has 1 aromatic carbocycles. The molecule has 1 amide bonds. The molecule has 0 saturated carbocycles. The minimum absolute atomic E-state index is 0.0383. The molecule has 2 atom stereocenters. The van der Waals surface area contributed by atoms with Crippen molar-refractivity contribution in [3.63, 3.8) is 0 Å². The Bertz CT molecular complexity index is 1300. The van der Waals surface area contributed by atoms with Crippen LogP contribution in [-0.2, 0) is 15.6 Å². The van der Waals surface area contributed by atoms with Gasteiger partial charge in [0.05, 0.1) is 0 Å². The van der Waals surface area contributed by atoms with E-state index >= 15 is 0 Å². The third-order valence-corrected chi connectivity index (χ3v) is 7.06. The number of hydrogen-bond acceptors (Lipinski definition) is 7. The van der Waals surface area contributed by atoms with Crippen molar-refractivity contribution >= 4 is 30.3 Å². The first-order valence-electron chi connectivity index (χ1n) is 15.5. The summed E-state index contributed by atoms with van der Waals surface area (Å²) in [5.41, 5.74) is 0.101. The van der Waals surface area contributed by atoms with E-state index in [2.05, 4.69) is 5.32 Å². The number of allylic oxidation sites excluding steroid dienone is 2. The van der Waals surface area contributed by atoms with Crippen LogP contribution in [0.1, 0.15) is 98.1 Å². The molecule has 2 unspecified atom stereocenters. The first-order chi connectivity index (χ1) is 21.2. The number of nitrogens with zero attached hydrogens (tertiary/aromatic N) is 3. The second-order valence-corrected chi connectivity index (χ2v) is 11.8. The van der Waals surface area contributed by atoms with E-state index in [1.165, 1.54) is 6.07 Å². The number of carbonyl (C=O) groups is 1. The molecular weight excluding hydrogens is 584 g/mol. The second kappa shape index (κ2) is 17.7. The predicted octanol–water partition coefficient (Wildman–Crippen LogP) is 7.87. The number of alkyl halides is 3. The van der Waals surface area contributed by atoms with Crippen molar-refractivity contribution in [1.82, 2.24) is 10.2 Å². The summed E-state index contributed by atoms with van der Waals surface area (Å²) in [6.45, 7) is 13.7. The molecule has 45 heavy (non-hydrogen) atoms. The summed E-state index contributed by atoms with van der Waals surface area (Å²) in [5, 5.41) is 11.8. The van der Waals surface area contributed by atoms with Crippen LogP contribution in [0.4, 0.5) is 18.0 Å². The third-order valence-electron chi connectivity index (χ3n) is 7.06. The van der Waals surface area contributed by atoms with Gasteiger partial charge in [0.15, 0.2) is 0 Å². The maximum atomic E-state index is 14.2. The first kappa shape index (κ1) is 37.4. The van der Waals surface area contributed by atoms with Gasteiger partial charge < -0.3 is 0 Å². The van der Waals surface area contributed by atoms with Gasteiger partial charge in [-0.05, 0) is 6.42 Å². The van der Waals surface area contributed by atoms with E-state index in [1.807, 2.05) is 38.7 Å². The Morgan fingerprint density at radius 2 is 1.98 bits per heavy atom. The van der Waals surface area contributed by atoms with Crippen LogP contribution >= 0.6 is 0 Å². The van der Waals surface area contributed by atoms with E-state index in [1.54, 1.807) is 45.2 Å². The van der Waals surface area contributed by atoms with Crippen LogP contribution in [0.25, 0.3) is 5.70 Å². The second-order valence-electron chi connectivity index (χ2n) is 11.8. The molecule has 12 heteroatoms. The van der Waals surface area contributed by atoms with Gasteiger partial charge in [0.25, 0.3) is 0 Å². The number of amides is 1. The molecule has 0 bridgehead atoms. The molecule has 1 aliphatic heterocycles. The molecule has 2 rings (SSSR count). The van der Waals surface area contributed by atoms with Gasteiger partial charge in [0.1, 0.15) is 0 Å². The molecule has 1 aliphatic rings. The normalized spacial score (nSPS) is 17.1. The summed E-state index contributed by atoms with van der Waals surface area (Å²) in [7, 11) is 1.16. The van der Waals surface area contributed by atoms with E-state index < -0.39 is 23.4 Å². The molecular formula is C33H46BF3N4O4. The van der Waals surface area contributed by atoms with Crippen molar-refractivity contribution in [2.24, 2.45) is 10.9 Å². The van der Waals surface area contributed by atoms with E-state index in [0.29, 0.717) is 30.6 Å². The molecule has 0 aromatic heterocycles. The molecule has 0 aliphatic carbocycles. The number of halogens is 3. The SMILES string of the molecule is CC/C=C(\N=C(C(C)CC)C1CCCN1C(=BOC#N)NC(=O)OC(C)(C)C)c1ccc(OC/C=C/CCC)c(C(F)(F)F)c1. The summed E-state index contributed by atoms with van der Waals surface area (Å²) < 4.78 is 58.4. The molecule has 0 radical (unpaired) electrons. The van der Waals surface area contributed by atoms with Crippen LogP contribution in [0.2, 0.25) is 0 Å². The quantitative estimate of drug-likeness (QED) is 0.0973. The van der Waals surface area contributed by atoms with E-state index in [9.17, 15) is 18.0 Å². The maximum absolute atomic E-state index is 14.2. The zero-order valence-corrected chi connectivity index (χ0v) is 27.5. The molecule has 1 N–H and O–H groups in total. The Morgan fingerprint density at radius 3 is 2.58 bits per heavy atom. The number of hydrogen-bond donors (Lipinski definition) is 1. The van der Waals surface area contributed by atoms with E-state index in [4.69, 9.17) is 24.4 Å². The van der Waals surface area contributed by atoms with Gasteiger partial charge in [-0.2, -0.15) is 0 Å². The fourth-order valence-corrected chi connectivity index (χ4v) is 4.83. The van der Waals surface area contributed by atoms with Gasteiger partial charge in [-0.25, -0.2) is 0 Å². The molecule has 0 spiro atoms. The Hall–Kier alpha value is -3.75. The van der Waals surface area contributed by atoms with Crippen molar-refractivity contribution in [3.8, 4) is 12.0 Å². The third kappa shape index (κ3) is 11.9. The average molecular weight is 631 g/mol. The van der Waals surface area contributed by atoms with Gasteiger partial charge >= 0.3 is 234 Å².